The minimum Gasteiger partial charge on any atom is -0.453 e. The summed E-state index contributed by atoms with van der Waals surface area (Å²) in [4.78, 5) is 24.3. The number of hydrogen-bond acceptors (Lipinski definition) is 7. The second-order valence-corrected chi connectivity index (χ2v) is 15.8. The van der Waals surface area contributed by atoms with Gasteiger partial charge >= 0.3 is 11.9 Å². The molecule has 0 radical (unpaired) electrons. The molecule has 1 aliphatic heterocycles. The summed E-state index contributed by atoms with van der Waals surface area (Å²) in [6.45, 7) is 13.4. The molecule has 0 unspecified atom stereocenters. The van der Waals surface area contributed by atoms with Crippen LogP contribution in [0.25, 0.3) is 0 Å². The minimum absolute atomic E-state index is 0.0127. The van der Waals surface area contributed by atoms with E-state index in [0.717, 1.165) is 15.9 Å². The van der Waals surface area contributed by atoms with Crippen LogP contribution in [0.2, 0.25) is 5.04 Å². The molecular weight excluding hydrogens is 548 g/mol. The van der Waals surface area contributed by atoms with Gasteiger partial charge in [0.05, 0.1) is 13.2 Å². The molecule has 222 valence electrons. The Morgan fingerprint density at radius 3 is 1.81 bits per heavy atom. The molecular formula is C34H40O7Si. The van der Waals surface area contributed by atoms with Crippen LogP contribution in [0.4, 0.5) is 0 Å². The molecule has 0 N–H and O–H groups in total. The fourth-order valence-corrected chi connectivity index (χ4v) is 10.3. The Morgan fingerprint density at radius 2 is 1.36 bits per heavy atom. The van der Waals surface area contributed by atoms with Gasteiger partial charge in [-0.1, -0.05) is 118 Å². The highest BCUT2D eigenvalue weighted by molar-refractivity contribution is 6.99. The molecule has 8 heteroatoms. The van der Waals surface area contributed by atoms with Crippen LogP contribution in [0, 0.1) is 0 Å². The number of carbonyl (C=O) groups excluding carboxylic acids is 2. The van der Waals surface area contributed by atoms with Crippen molar-refractivity contribution in [2.75, 3.05) is 6.61 Å². The molecule has 3 aromatic rings. The largest absolute Gasteiger partial charge is 0.453 e. The van der Waals surface area contributed by atoms with Crippen molar-refractivity contribution in [2.45, 2.75) is 70.4 Å². The monoisotopic (exact) mass is 588 g/mol. The van der Waals surface area contributed by atoms with Crippen molar-refractivity contribution in [3.63, 3.8) is 0 Å². The second kappa shape index (κ2) is 13.2. The lowest BCUT2D eigenvalue weighted by atomic mass is 9.96. The summed E-state index contributed by atoms with van der Waals surface area (Å²) in [6.07, 6.45) is -1.54. The van der Waals surface area contributed by atoms with Crippen LogP contribution in [0.1, 0.15) is 40.2 Å². The first kappa shape index (κ1) is 31.4. The lowest BCUT2D eigenvalue weighted by molar-refractivity contribution is -0.201. The Kier molecular flexibility index (Phi) is 9.84. The van der Waals surface area contributed by atoms with Gasteiger partial charge in [-0.15, -0.1) is 6.58 Å². The van der Waals surface area contributed by atoms with Gasteiger partial charge in [-0.25, -0.2) is 0 Å². The molecule has 7 nitrogen and oxygen atoms in total. The standard InChI is InChI=1S/C34H40O7Si/c1-7-34(24-38-42(33(4,5)6,28-19-13-9-14-20-28)29-21-15-10-16-22-29)31(37-23-27-17-11-8-12-18-27)30(39-25(2)35)32(41-34)40-26(3)36/h7-22,30-32H,1,23-24H2,2-6H3/t30-,31+,32-,34-/m1/s1. The highest BCUT2D eigenvalue weighted by Gasteiger charge is 2.60. The van der Waals surface area contributed by atoms with E-state index in [9.17, 15) is 9.59 Å². The fraction of sp³-hybridized carbons (Fsp3) is 0.353. The molecule has 1 heterocycles. The Labute approximate surface area is 249 Å². The number of hydrogen-bond donors (Lipinski definition) is 0. The van der Waals surface area contributed by atoms with Crippen molar-refractivity contribution in [3.05, 3.63) is 109 Å². The number of esters is 2. The molecule has 0 spiro atoms. The van der Waals surface area contributed by atoms with Crippen molar-refractivity contribution in [2.24, 2.45) is 0 Å². The zero-order valence-electron chi connectivity index (χ0n) is 24.9. The van der Waals surface area contributed by atoms with Gasteiger partial charge in [0.1, 0.15) is 11.7 Å². The Balaban J connectivity index is 1.80. The van der Waals surface area contributed by atoms with Crippen LogP contribution in [0.3, 0.4) is 0 Å². The highest BCUT2D eigenvalue weighted by atomic mass is 28.4. The van der Waals surface area contributed by atoms with Crippen molar-refractivity contribution in [3.8, 4) is 0 Å². The van der Waals surface area contributed by atoms with E-state index in [1.54, 1.807) is 6.08 Å². The van der Waals surface area contributed by atoms with E-state index < -0.39 is 44.4 Å². The molecule has 0 aromatic heterocycles. The molecule has 4 rings (SSSR count). The third-order valence-electron chi connectivity index (χ3n) is 7.52. The van der Waals surface area contributed by atoms with Crippen molar-refractivity contribution < 1.29 is 33.0 Å². The summed E-state index contributed by atoms with van der Waals surface area (Å²) in [5.41, 5.74) is -0.400. The summed E-state index contributed by atoms with van der Waals surface area (Å²) in [5.74, 6) is -1.13. The first-order valence-electron chi connectivity index (χ1n) is 14.1. The van der Waals surface area contributed by atoms with Gasteiger partial charge in [-0.2, -0.15) is 0 Å². The minimum atomic E-state index is -3.00. The summed E-state index contributed by atoms with van der Waals surface area (Å²) in [7, 11) is -3.00. The molecule has 0 saturated carbocycles. The van der Waals surface area contributed by atoms with Crippen LogP contribution in [-0.2, 0) is 39.6 Å². The van der Waals surface area contributed by atoms with Crippen molar-refractivity contribution >= 4 is 30.6 Å². The Hall–Kier alpha value is -3.56. The summed E-state index contributed by atoms with van der Waals surface area (Å²) < 4.78 is 31.3. The topological polar surface area (TPSA) is 80.3 Å². The third kappa shape index (κ3) is 6.57. The predicted molar refractivity (Wildman–Crippen MR) is 164 cm³/mol. The Bertz CT molecular complexity index is 1300. The maximum absolute atomic E-state index is 12.2. The summed E-state index contributed by atoms with van der Waals surface area (Å²) >= 11 is 0. The number of carbonyl (C=O) groups is 2. The number of ether oxygens (including phenoxy) is 4. The first-order chi connectivity index (χ1) is 20.0. The van der Waals surface area contributed by atoms with Crippen LogP contribution in [0.5, 0.6) is 0 Å². The quantitative estimate of drug-likeness (QED) is 0.179. The van der Waals surface area contributed by atoms with Crippen LogP contribution in [0.15, 0.2) is 104 Å². The van der Waals surface area contributed by atoms with E-state index >= 15 is 0 Å². The molecule has 1 fully saturated rings. The maximum atomic E-state index is 12.2. The van der Waals surface area contributed by atoms with Crippen molar-refractivity contribution in [1.29, 1.82) is 0 Å². The van der Waals surface area contributed by atoms with E-state index in [2.05, 4.69) is 51.6 Å². The van der Waals surface area contributed by atoms with Gasteiger partial charge < -0.3 is 23.4 Å². The summed E-state index contributed by atoms with van der Waals surface area (Å²) in [6, 6.07) is 30.1. The predicted octanol–water partition coefficient (Wildman–Crippen LogP) is 4.92. The maximum Gasteiger partial charge on any atom is 0.305 e. The summed E-state index contributed by atoms with van der Waals surface area (Å²) in [5, 5.41) is 1.88. The molecule has 42 heavy (non-hydrogen) atoms. The zero-order chi connectivity index (χ0) is 30.4. The van der Waals surface area contributed by atoms with E-state index in [1.807, 2.05) is 66.7 Å². The molecule has 3 aromatic carbocycles. The van der Waals surface area contributed by atoms with Crippen LogP contribution >= 0.6 is 0 Å². The second-order valence-electron chi connectivity index (χ2n) is 11.5. The Morgan fingerprint density at radius 1 is 0.857 bits per heavy atom. The van der Waals surface area contributed by atoms with Crippen LogP contribution in [-0.4, -0.2) is 51.0 Å². The number of benzene rings is 3. The molecule has 1 aliphatic rings. The fourth-order valence-electron chi connectivity index (χ4n) is 5.65. The van der Waals surface area contributed by atoms with Crippen LogP contribution < -0.4 is 10.4 Å². The zero-order valence-corrected chi connectivity index (χ0v) is 25.9. The SMILES string of the molecule is C=C[C@]1(CO[Si](c2ccccc2)(c2ccccc2)C(C)(C)C)O[C@@H](OC(C)=O)[C@H](OC(C)=O)[C@@H]1OCc1ccccc1. The molecule has 4 atom stereocenters. The van der Waals surface area contributed by atoms with Gasteiger partial charge in [0, 0.05) is 13.8 Å². The van der Waals surface area contributed by atoms with E-state index in [4.69, 9.17) is 23.4 Å². The smallest absolute Gasteiger partial charge is 0.305 e. The first-order valence-corrected chi connectivity index (χ1v) is 16.0. The highest BCUT2D eigenvalue weighted by Crippen LogP contribution is 2.42. The van der Waals surface area contributed by atoms with E-state index in [0.29, 0.717) is 0 Å². The number of rotatable bonds is 11. The lowest BCUT2D eigenvalue weighted by Gasteiger charge is -2.45. The average molecular weight is 589 g/mol. The molecule has 0 aliphatic carbocycles. The molecule has 0 amide bonds. The molecule has 1 saturated heterocycles. The van der Waals surface area contributed by atoms with Crippen molar-refractivity contribution in [1.82, 2.24) is 0 Å². The van der Waals surface area contributed by atoms with E-state index in [1.165, 1.54) is 13.8 Å². The third-order valence-corrected chi connectivity index (χ3v) is 12.5. The van der Waals surface area contributed by atoms with Gasteiger partial charge in [0.2, 0.25) is 6.29 Å². The lowest BCUT2D eigenvalue weighted by Crippen LogP contribution is -2.68. The van der Waals surface area contributed by atoms with Gasteiger partial charge in [0.25, 0.3) is 8.32 Å². The normalized spacial score (nSPS) is 22.4. The van der Waals surface area contributed by atoms with Gasteiger partial charge in [-0.05, 0) is 21.0 Å². The van der Waals surface area contributed by atoms with Gasteiger partial charge in [0.15, 0.2) is 6.10 Å². The van der Waals surface area contributed by atoms with Gasteiger partial charge in [-0.3, -0.25) is 9.59 Å². The van der Waals surface area contributed by atoms with E-state index in [-0.39, 0.29) is 18.3 Å². The average Bonchev–Trinajstić information content (AvgIpc) is 3.24. The molecule has 0 bridgehead atoms.